The molecule has 0 radical (unpaired) electrons. The van der Waals surface area contributed by atoms with E-state index in [0.29, 0.717) is 10.5 Å². The number of thiazole rings is 1. The quantitative estimate of drug-likeness (QED) is 0.664. The van der Waals surface area contributed by atoms with E-state index >= 15 is 0 Å². The van der Waals surface area contributed by atoms with Gasteiger partial charge in [-0.1, -0.05) is 23.2 Å². The summed E-state index contributed by atoms with van der Waals surface area (Å²) < 4.78 is 0. The second kappa shape index (κ2) is 2.55. The van der Waals surface area contributed by atoms with Crippen LogP contribution in [0.3, 0.4) is 0 Å². The summed E-state index contributed by atoms with van der Waals surface area (Å²) in [7, 11) is 0. The van der Waals surface area contributed by atoms with Crippen LogP contribution in [0.4, 0.5) is 0 Å². The molecule has 3 nitrogen and oxygen atoms in total. The summed E-state index contributed by atoms with van der Waals surface area (Å²) in [5.41, 5.74) is 2.20. The lowest BCUT2D eigenvalue weighted by atomic mass is 10.7. The second-order valence-corrected chi connectivity index (χ2v) is 3.34. The maximum Gasteiger partial charge on any atom is 0.191 e. The van der Waals surface area contributed by atoms with Gasteiger partial charge in [0.15, 0.2) is 20.8 Å². The molecule has 0 N–H and O–H groups in total. The lowest BCUT2D eigenvalue weighted by Gasteiger charge is -1.90. The Kier molecular flexibility index (Phi) is 1.67. The van der Waals surface area contributed by atoms with Gasteiger partial charge in [-0.25, -0.2) is 15.0 Å². The Morgan fingerprint density at radius 2 is 1.91 bits per heavy atom. The second-order valence-electron chi connectivity index (χ2n) is 1.79. The number of fused-ring (bicyclic) bond motifs is 1. The third-order valence-electron chi connectivity index (χ3n) is 1.10. The average Bonchev–Trinajstić information content (AvgIpc) is 2.36. The molecule has 2 rings (SSSR count). The predicted octanol–water partition coefficient (Wildman–Crippen LogP) is 2.39. The molecule has 6 heteroatoms. The van der Waals surface area contributed by atoms with Crippen molar-refractivity contribution in [3.63, 3.8) is 0 Å². The summed E-state index contributed by atoms with van der Waals surface area (Å²) in [5.74, 6) is 0. The van der Waals surface area contributed by atoms with Crippen LogP contribution in [0.25, 0.3) is 10.5 Å². The van der Waals surface area contributed by atoms with Crippen molar-refractivity contribution in [3.8, 4) is 0 Å². The van der Waals surface area contributed by atoms with Crippen molar-refractivity contribution in [3.05, 3.63) is 15.8 Å². The standard InChI is InChI=1S/C5HCl2N3S/c6-2-3(7)10-5-4(9-2)8-1-11-5/h1H. The molecule has 0 unspecified atom stereocenters. The molecule has 56 valence electrons. The SMILES string of the molecule is Clc1nc2ncsc2nc1Cl. The smallest absolute Gasteiger partial charge is 0.191 e. The Morgan fingerprint density at radius 1 is 1.18 bits per heavy atom. The Bertz CT molecular complexity index is 364. The van der Waals surface area contributed by atoms with Gasteiger partial charge in [-0.2, -0.15) is 0 Å². The lowest BCUT2D eigenvalue weighted by molar-refractivity contribution is 1.26. The van der Waals surface area contributed by atoms with Gasteiger partial charge in [0, 0.05) is 0 Å². The van der Waals surface area contributed by atoms with E-state index in [4.69, 9.17) is 23.2 Å². The minimum absolute atomic E-state index is 0.199. The highest BCUT2D eigenvalue weighted by atomic mass is 35.5. The summed E-state index contributed by atoms with van der Waals surface area (Å²) in [6.07, 6.45) is 0. The fourth-order valence-electron chi connectivity index (χ4n) is 0.662. The van der Waals surface area contributed by atoms with Gasteiger partial charge in [0.2, 0.25) is 0 Å². The number of rotatable bonds is 0. The third kappa shape index (κ3) is 1.17. The van der Waals surface area contributed by atoms with E-state index in [1.54, 1.807) is 5.51 Å². The van der Waals surface area contributed by atoms with Crippen LogP contribution in [-0.4, -0.2) is 15.0 Å². The molecule has 0 atom stereocenters. The van der Waals surface area contributed by atoms with E-state index in [-0.39, 0.29) is 10.3 Å². The number of aromatic nitrogens is 3. The van der Waals surface area contributed by atoms with Gasteiger partial charge in [-0.3, -0.25) is 0 Å². The first-order valence-electron chi connectivity index (χ1n) is 2.69. The number of nitrogens with zero attached hydrogens (tertiary/aromatic N) is 3. The molecule has 2 aromatic heterocycles. The zero-order valence-electron chi connectivity index (χ0n) is 5.08. The van der Waals surface area contributed by atoms with E-state index in [0.717, 1.165) is 0 Å². The first kappa shape index (κ1) is 7.21. The fourth-order valence-corrected chi connectivity index (χ4v) is 1.56. The molecule has 0 aromatic carbocycles. The van der Waals surface area contributed by atoms with E-state index in [9.17, 15) is 0 Å². The molecule has 0 fully saturated rings. The van der Waals surface area contributed by atoms with Crippen molar-refractivity contribution in [2.75, 3.05) is 0 Å². The highest BCUT2D eigenvalue weighted by molar-refractivity contribution is 7.16. The molecule has 0 saturated heterocycles. The van der Waals surface area contributed by atoms with Crippen LogP contribution < -0.4 is 0 Å². The van der Waals surface area contributed by atoms with Crippen LogP contribution in [0.15, 0.2) is 5.51 Å². The Labute approximate surface area is 76.0 Å². The van der Waals surface area contributed by atoms with Crippen molar-refractivity contribution >= 4 is 45.0 Å². The zero-order valence-corrected chi connectivity index (χ0v) is 7.41. The van der Waals surface area contributed by atoms with Gasteiger partial charge in [0.05, 0.1) is 5.51 Å². The summed E-state index contributed by atoms with van der Waals surface area (Å²) in [6.45, 7) is 0. The maximum absolute atomic E-state index is 5.62. The van der Waals surface area contributed by atoms with Crippen molar-refractivity contribution < 1.29 is 0 Å². The molecular weight excluding hydrogens is 205 g/mol. The molecule has 0 aliphatic heterocycles. The van der Waals surface area contributed by atoms with Crippen LogP contribution in [0.2, 0.25) is 10.3 Å². The minimum Gasteiger partial charge on any atom is -0.223 e. The normalized spacial score (nSPS) is 10.7. The Morgan fingerprint density at radius 3 is 2.73 bits per heavy atom. The molecule has 0 aliphatic rings. The first-order valence-corrected chi connectivity index (χ1v) is 4.33. The first-order chi connectivity index (χ1) is 5.27. The highest BCUT2D eigenvalue weighted by Gasteiger charge is 2.05. The van der Waals surface area contributed by atoms with Crippen LogP contribution in [0.1, 0.15) is 0 Å². The van der Waals surface area contributed by atoms with Crippen LogP contribution in [0.5, 0.6) is 0 Å². The van der Waals surface area contributed by atoms with Gasteiger partial charge in [0.25, 0.3) is 0 Å². The summed E-state index contributed by atoms with van der Waals surface area (Å²) in [5, 5.41) is 0.425. The largest absolute Gasteiger partial charge is 0.223 e. The predicted molar refractivity (Wildman–Crippen MR) is 45.2 cm³/mol. The minimum atomic E-state index is 0.199. The Hall–Kier alpha value is -0.450. The van der Waals surface area contributed by atoms with Crippen molar-refractivity contribution in [1.82, 2.24) is 15.0 Å². The average molecular weight is 206 g/mol. The molecule has 0 saturated carbocycles. The van der Waals surface area contributed by atoms with Crippen molar-refractivity contribution in [2.24, 2.45) is 0 Å². The molecule has 2 heterocycles. The van der Waals surface area contributed by atoms with E-state index < -0.39 is 0 Å². The highest BCUT2D eigenvalue weighted by Crippen LogP contribution is 2.21. The van der Waals surface area contributed by atoms with E-state index in [1.807, 2.05) is 0 Å². The van der Waals surface area contributed by atoms with Gasteiger partial charge in [-0.15, -0.1) is 11.3 Å². The monoisotopic (exact) mass is 205 g/mol. The van der Waals surface area contributed by atoms with Gasteiger partial charge < -0.3 is 0 Å². The number of hydrogen-bond donors (Lipinski definition) is 0. The van der Waals surface area contributed by atoms with E-state index in [2.05, 4.69) is 15.0 Å². The third-order valence-corrected chi connectivity index (χ3v) is 2.44. The Balaban J connectivity index is 2.86. The maximum atomic E-state index is 5.62. The zero-order chi connectivity index (χ0) is 7.84. The lowest BCUT2D eigenvalue weighted by Crippen LogP contribution is -1.82. The van der Waals surface area contributed by atoms with Crippen LogP contribution in [-0.2, 0) is 0 Å². The summed E-state index contributed by atoms with van der Waals surface area (Å²) >= 11 is 12.6. The number of hydrogen-bond acceptors (Lipinski definition) is 4. The molecule has 2 aromatic rings. The van der Waals surface area contributed by atoms with Gasteiger partial charge in [-0.05, 0) is 0 Å². The topological polar surface area (TPSA) is 38.7 Å². The fraction of sp³-hybridized carbons (Fsp3) is 0. The molecule has 0 bridgehead atoms. The van der Waals surface area contributed by atoms with Gasteiger partial charge in [0.1, 0.15) is 0 Å². The van der Waals surface area contributed by atoms with Crippen LogP contribution in [0, 0.1) is 0 Å². The molecule has 11 heavy (non-hydrogen) atoms. The van der Waals surface area contributed by atoms with Gasteiger partial charge >= 0.3 is 0 Å². The number of halogens is 2. The molecular formula is C5HCl2N3S. The molecule has 0 spiro atoms. The van der Waals surface area contributed by atoms with E-state index in [1.165, 1.54) is 11.3 Å². The molecule has 0 amide bonds. The molecule has 0 aliphatic carbocycles. The summed E-state index contributed by atoms with van der Waals surface area (Å²) in [4.78, 5) is 12.5. The van der Waals surface area contributed by atoms with Crippen molar-refractivity contribution in [2.45, 2.75) is 0 Å². The van der Waals surface area contributed by atoms with Crippen LogP contribution >= 0.6 is 34.5 Å². The summed E-state index contributed by atoms with van der Waals surface area (Å²) in [6, 6.07) is 0. The van der Waals surface area contributed by atoms with Crippen molar-refractivity contribution in [1.29, 1.82) is 0 Å².